The van der Waals surface area contributed by atoms with Crippen molar-refractivity contribution in [3.8, 4) is 11.5 Å². The summed E-state index contributed by atoms with van der Waals surface area (Å²) < 4.78 is 10.6. The average Bonchev–Trinajstić information content (AvgIpc) is 3.29. The molecule has 0 atom stereocenters. The molecule has 1 amide bonds. The molecule has 2 aromatic heterocycles. The number of oxazole rings is 1. The lowest BCUT2D eigenvalue weighted by Crippen LogP contribution is -2.10. The van der Waals surface area contributed by atoms with Crippen LogP contribution < -0.4 is 5.32 Å². The van der Waals surface area contributed by atoms with Gasteiger partial charge in [0.1, 0.15) is 10.4 Å². The Balaban J connectivity index is 1.60. The van der Waals surface area contributed by atoms with Crippen LogP contribution in [0, 0.1) is 10.1 Å². The third kappa shape index (κ3) is 3.25. The van der Waals surface area contributed by atoms with Crippen molar-refractivity contribution in [1.82, 2.24) is 4.98 Å². The summed E-state index contributed by atoms with van der Waals surface area (Å²) in [6.45, 7) is 0. The Kier molecular flexibility index (Phi) is 4.09. The number of hydrogen-bond acceptors (Lipinski definition) is 6. The molecular weight excluding hydrogens is 374 g/mol. The van der Waals surface area contributed by atoms with Gasteiger partial charge in [0.05, 0.1) is 16.7 Å². The van der Waals surface area contributed by atoms with Crippen LogP contribution in [0.25, 0.3) is 22.6 Å². The first-order valence-electron chi connectivity index (χ1n) is 7.72. The summed E-state index contributed by atoms with van der Waals surface area (Å²) in [6, 6.07) is 14.4. The average molecular weight is 384 g/mol. The Hall–Kier alpha value is -3.65. The number of rotatable bonds is 4. The Labute approximate surface area is 156 Å². The summed E-state index contributed by atoms with van der Waals surface area (Å²) in [4.78, 5) is 26.5. The van der Waals surface area contributed by atoms with Gasteiger partial charge < -0.3 is 14.2 Å². The molecule has 27 heavy (non-hydrogen) atoms. The number of benzene rings is 2. The van der Waals surface area contributed by atoms with Crippen LogP contribution in [-0.4, -0.2) is 15.8 Å². The molecule has 4 rings (SSSR count). The van der Waals surface area contributed by atoms with E-state index >= 15 is 0 Å². The zero-order valence-electron chi connectivity index (χ0n) is 13.5. The van der Waals surface area contributed by atoms with Crippen molar-refractivity contribution in [2.24, 2.45) is 0 Å². The van der Waals surface area contributed by atoms with E-state index in [1.54, 1.807) is 36.4 Å². The van der Waals surface area contributed by atoms with Gasteiger partial charge in [-0.25, -0.2) is 4.98 Å². The molecule has 4 aromatic rings. The molecule has 0 radical (unpaired) electrons. The molecule has 0 saturated heterocycles. The third-order valence-electron chi connectivity index (χ3n) is 3.75. The van der Waals surface area contributed by atoms with Gasteiger partial charge in [-0.3, -0.25) is 14.9 Å². The van der Waals surface area contributed by atoms with E-state index in [1.807, 2.05) is 6.07 Å². The number of halogens is 1. The maximum Gasteiger partial charge on any atom is 0.433 e. The molecule has 0 spiro atoms. The highest BCUT2D eigenvalue weighted by molar-refractivity contribution is 6.33. The quantitative estimate of drug-likeness (QED) is 0.396. The highest BCUT2D eigenvalue weighted by Gasteiger charge is 2.18. The largest absolute Gasteiger partial charge is 0.436 e. The van der Waals surface area contributed by atoms with Crippen LogP contribution in [0.15, 0.2) is 63.4 Å². The molecule has 0 saturated carbocycles. The minimum absolute atomic E-state index is 0.168. The zero-order valence-corrected chi connectivity index (χ0v) is 14.3. The Bertz CT molecular complexity index is 1180. The van der Waals surface area contributed by atoms with Crippen molar-refractivity contribution in [2.45, 2.75) is 0 Å². The summed E-state index contributed by atoms with van der Waals surface area (Å²) in [5.74, 6) is -0.923. The normalized spacial score (nSPS) is 10.9. The number of nitrogens with one attached hydrogen (secondary N) is 1. The number of nitrogens with zero attached hydrogens (tertiary/aromatic N) is 2. The van der Waals surface area contributed by atoms with E-state index in [1.165, 1.54) is 6.07 Å². The van der Waals surface area contributed by atoms with Gasteiger partial charge in [0.2, 0.25) is 5.89 Å². The van der Waals surface area contributed by atoms with Gasteiger partial charge in [0.15, 0.2) is 11.3 Å². The highest BCUT2D eigenvalue weighted by Crippen LogP contribution is 2.30. The molecule has 0 aliphatic heterocycles. The molecule has 8 nitrogen and oxygen atoms in total. The van der Waals surface area contributed by atoms with E-state index in [0.29, 0.717) is 33.3 Å². The number of aromatic nitrogens is 1. The summed E-state index contributed by atoms with van der Waals surface area (Å²) in [6.07, 6.45) is 0. The molecule has 1 N–H and O–H groups in total. The van der Waals surface area contributed by atoms with E-state index in [0.717, 1.165) is 6.07 Å². The number of furan rings is 1. The van der Waals surface area contributed by atoms with Crippen LogP contribution in [-0.2, 0) is 0 Å². The number of carbonyl (C=O) groups excluding carboxylic acids is 1. The molecular formula is C18H10ClN3O5. The summed E-state index contributed by atoms with van der Waals surface area (Å²) in [5, 5.41) is 13.7. The van der Waals surface area contributed by atoms with Crippen LogP contribution in [0.3, 0.4) is 0 Å². The third-order valence-corrected chi connectivity index (χ3v) is 4.07. The number of anilines is 1. The summed E-state index contributed by atoms with van der Waals surface area (Å²) in [7, 11) is 0. The molecule has 0 bridgehead atoms. The molecule has 0 fully saturated rings. The lowest BCUT2D eigenvalue weighted by Gasteiger charge is -2.01. The van der Waals surface area contributed by atoms with Crippen LogP contribution in [0.5, 0.6) is 0 Å². The Morgan fingerprint density at radius 1 is 1.11 bits per heavy atom. The minimum atomic E-state index is -0.714. The van der Waals surface area contributed by atoms with E-state index < -0.39 is 16.7 Å². The SMILES string of the molecule is O=C(Nc1ccc2oc(-c3ccccc3Cl)nc2c1)c1ccc([N+](=O)[O-])o1. The maximum absolute atomic E-state index is 12.2. The zero-order chi connectivity index (χ0) is 19.0. The topological polar surface area (TPSA) is 111 Å². The minimum Gasteiger partial charge on any atom is -0.436 e. The fourth-order valence-electron chi connectivity index (χ4n) is 2.50. The van der Waals surface area contributed by atoms with E-state index in [-0.39, 0.29) is 5.76 Å². The first-order chi connectivity index (χ1) is 13.0. The number of carbonyl (C=O) groups is 1. The summed E-state index contributed by atoms with van der Waals surface area (Å²) >= 11 is 6.16. The maximum atomic E-state index is 12.2. The molecule has 2 aromatic carbocycles. The smallest absolute Gasteiger partial charge is 0.433 e. The first-order valence-corrected chi connectivity index (χ1v) is 8.10. The van der Waals surface area contributed by atoms with Crippen LogP contribution in [0.2, 0.25) is 5.02 Å². The highest BCUT2D eigenvalue weighted by atomic mass is 35.5. The van der Waals surface area contributed by atoms with Crippen molar-refractivity contribution in [1.29, 1.82) is 0 Å². The Morgan fingerprint density at radius 3 is 2.67 bits per heavy atom. The van der Waals surface area contributed by atoms with E-state index in [4.69, 9.17) is 20.4 Å². The molecule has 0 aliphatic rings. The monoisotopic (exact) mass is 383 g/mol. The van der Waals surface area contributed by atoms with Gasteiger partial charge in [-0.15, -0.1) is 0 Å². The van der Waals surface area contributed by atoms with Crippen molar-refractivity contribution in [3.05, 3.63) is 75.5 Å². The first kappa shape index (κ1) is 16.8. The van der Waals surface area contributed by atoms with Gasteiger partial charge >= 0.3 is 5.88 Å². The van der Waals surface area contributed by atoms with Gasteiger partial charge in [-0.2, -0.15) is 0 Å². The predicted molar refractivity (Wildman–Crippen MR) is 97.8 cm³/mol. The lowest BCUT2D eigenvalue weighted by molar-refractivity contribution is -0.402. The molecule has 2 heterocycles. The number of nitro groups is 1. The lowest BCUT2D eigenvalue weighted by atomic mass is 10.2. The fourth-order valence-corrected chi connectivity index (χ4v) is 2.71. The van der Waals surface area contributed by atoms with Gasteiger partial charge in [0.25, 0.3) is 5.91 Å². The molecule has 9 heteroatoms. The second kappa shape index (κ2) is 6.58. The fraction of sp³-hybridized carbons (Fsp3) is 0. The van der Waals surface area contributed by atoms with Crippen LogP contribution >= 0.6 is 11.6 Å². The van der Waals surface area contributed by atoms with Crippen LogP contribution in [0.1, 0.15) is 10.6 Å². The molecule has 0 aliphatic carbocycles. The molecule has 0 unspecified atom stereocenters. The van der Waals surface area contributed by atoms with Crippen molar-refractivity contribution in [2.75, 3.05) is 5.32 Å². The standard InChI is InChI=1S/C18H10ClN3O5/c19-12-4-2-1-3-11(12)18-21-13-9-10(5-6-14(13)27-18)20-17(23)15-7-8-16(26-15)22(24)25/h1-9H,(H,20,23). The van der Waals surface area contributed by atoms with Crippen molar-refractivity contribution >= 4 is 40.2 Å². The number of fused-ring (bicyclic) bond motifs is 1. The van der Waals surface area contributed by atoms with E-state index in [2.05, 4.69) is 10.3 Å². The Morgan fingerprint density at radius 2 is 1.93 bits per heavy atom. The second-order valence-electron chi connectivity index (χ2n) is 5.53. The predicted octanol–water partition coefficient (Wildman–Crippen LogP) is 4.90. The van der Waals surface area contributed by atoms with Crippen LogP contribution in [0.4, 0.5) is 11.6 Å². The second-order valence-corrected chi connectivity index (χ2v) is 5.94. The number of hydrogen-bond donors (Lipinski definition) is 1. The van der Waals surface area contributed by atoms with E-state index in [9.17, 15) is 14.9 Å². The molecule has 134 valence electrons. The van der Waals surface area contributed by atoms with Gasteiger partial charge in [-0.05, 0) is 36.4 Å². The van der Waals surface area contributed by atoms with Crippen molar-refractivity contribution in [3.63, 3.8) is 0 Å². The number of amides is 1. The van der Waals surface area contributed by atoms with Gasteiger partial charge in [-0.1, -0.05) is 23.7 Å². The van der Waals surface area contributed by atoms with Crippen molar-refractivity contribution < 1.29 is 18.6 Å². The van der Waals surface area contributed by atoms with Gasteiger partial charge in [0, 0.05) is 5.69 Å². The summed E-state index contributed by atoms with van der Waals surface area (Å²) in [5.41, 5.74) is 2.14.